The molecular weight excluding hydrogens is 457 g/mol. The molecule has 2 aromatic carbocycles. The summed E-state index contributed by atoms with van der Waals surface area (Å²) in [6.45, 7) is 0. The van der Waals surface area contributed by atoms with E-state index in [1.807, 2.05) is 6.19 Å². The van der Waals surface area contributed by atoms with E-state index in [9.17, 15) is 18.4 Å². The van der Waals surface area contributed by atoms with Gasteiger partial charge in [-0.25, -0.2) is 4.98 Å². The third-order valence-corrected chi connectivity index (χ3v) is 5.77. The van der Waals surface area contributed by atoms with Crippen molar-refractivity contribution in [1.29, 1.82) is 5.26 Å². The Labute approximate surface area is 197 Å². The Bertz CT molecular complexity index is 1690. The summed E-state index contributed by atoms with van der Waals surface area (Å²) in [7, 11) is 3.27. The molecule has 5 aromatic rings. The van der Waals surface area contributed by atoms with Crippen LogP contribution >= 0.6 is 0 Å². The van der Waals surface area contributed by atoms with Gasteiger partial charge in [-0.1, -0.05) is 18.2 Å². The average molecular weight is 474 g/mol. The van der Waals surface area contributed by atoms with Crippen LogP contribution in [0.1, 0.15) is 5.56 Å². The Balaban J connectivity index is 1.84. The van der Waals surface area contributed by atoms with Crippen LogP contribution in [-0.2, 0) is 13.2 Å². The van der Waals surface area contributed by atoms with Crippen LogP contribution in [0.25, 0.3) is 38.8 Å². The molecule has 0 saturated carbocycles. The Morgan fingerprint density at radius 1 is 1.00 bits per heavy atom. The Morgan fingerprint density at radius 2 is 1.80 bits per heavy atom. The van der Waals surface area contributed by atoms with Crippen molar-refractivity contribution in [3.63, 3.8) is 0 Å². The predicted molar refractivity (Wildman–Crippen MR) is 124 cm³/mol. The lowest BCUT2D eigenvalue weighted by atomic mass is 10.0. The van der Waals surface area contributed by atoms with Crippen LogP contribution in [0, 0.1) is 11.5 Å². The van der Waals surface area contributed by atoms with Gasteiger partial charge in [0.15, 0.2) is 0 Å². The molecule has 35 heavy (non-hydrogen) atoms. The highest BCUT2D eigenvalue weighted by Crippen LogP contribution is 2.34. The lowest BCUT2D eigenvalue weighted by Crippen LogP contribution is -2.22. The minimum absolute atomic E-state index is 0.341. The largest absolute Gasteiger partial charge is 0.481 e. The molecule has 0 aliphatic rings. The standard InChI is InChI=1S/C25H17F3N6O/c1-33-21-13-30-20-8-6-16(15-4-3-5-17(10-15)25(26,27)28)11-19(20)23(21)34(24(33)32-14-29)18-7-9-22(35-2)31-12-18/h3-13H,1-2H3/b32-24-. The van der Waals surface area contributed by atoms with Crippen LogP contribution in [0.15, 0.2) is 72.0 Å². The molecule has 0 aliphatic carbocycles. The molecule has 3 aromatic heterocycles. The molecule has 0 bridgehead atoms. The number of halogens is 3. The van der Waals surface area contributed by atoms with E-state index in [4.69, 9.17) is 4.74 Å². The van der Waals surface area contributed by atoms with Gasteiger partial charge < -0.3 is 9.30 Å². The predicted octanol–water partition coefficient (Wildman–Crippen LogP) is 4.99. The van der Waals surface area contributed by atoms with Gasteiger partial charge in [0.1, 0.15) is 0 Å². The van der Waals surface area contributed by atoms with E-state index in [2.05, 4.69) is 15.0 Å². The number of hydrogen-bond acceptors (Lipinski definition) is 5. The maximum absolute atomic E-state index is 13.3. The topological polar surface area (TPSA) is 81.0 Å². The number of nitrogens with zero attached hydrogens (tertiary/aromatic N) is 6. The zero-order valence-corrected chi connectivity index (χ0v) is 18.6. The highest BCUT2D eigenvalue weighted by atomic mass is 19.4. The van der Waals surface area contributed by atoms with E-state index in [1.165, 1.54) is 13.2 Å². The van der Waals surface area contributed by atoms with E-state index in [1.54, 1.807) is 65.0 Å². The average Bonchev–Trinajstić information content (AvgIpc) is 3.15. The summed E-state index contributed by atoms with van der Waals surface area (Å²) < 4.78 is 48.5. The number of alkyl halides is 3. The third kappa shape index (κ3) is 3.77. The molecule has 0 saturated heterocycles. The Hall–Kier alpha value is -4.65. The molecule has 0 fully saturated rings. The van der Waals surface area contributed by atoms with Crippen molar-refractivity contribution < 1.29 is 17.9 Å². The fourth-order valence-electron chi connectivity index (χ4n) is 4.10. The summed E-state index contributed by atoms with van der Waals surface area (Å²) in [6.07, 6.45) is 0.657. The molecule has 174 valence electrons. The van der Waals surface area contributed by atoms with E-state index in [0.717, 1.165) is 12.1 Å². The van der Waals surface area contributed by atoms with Crippen molar-refractivity contribution in [3.8, 4) is 28.9 Å². The number of nitriles is 1. The maximum atomic E-state index is 13.3. The minimum atomic E-state index is -4.45. The zero-order valence-electron chi connectivity index (χ0n) is 18.6. The van der Waals surface area contributed by atoms with Crippen LogP contribution in [0.4, 0.5) is 13.2 Å². The van der Waals surface area contributed by atoms with Gasteiger partial charge in [-0.2, -0.15) is 18.4 Å². The molecule has 0 spiro atoms. The molecule has 0 amide bonds. The number of ether oxygens (including phenoxy) is 1. The van der Waals surface area contributed by atoms with Gasteiger partial charge in [0.05, 0.1) is 47.3 Å². The number of hydrogen-bond donors (Lipinski definition) is 0. The van der Waals surface area contributed by atoms with Gasteiger partial charge >= 0.3 is 6.18 Å². The van der Waals surface area contributed by atoms with Crippen LogP contribution < -0.4 is 10.4 Å². The quantitative estimate of drug-likeness (QED) is 0.345. The van der Waals surface area contributed by atoms with E-state index in [0.29, 0.717) is 50.2 Å². The first-order valence-electron chi connectivity index (χ1n) is 10.4. The first-order valence-corrected chi connectivity index (χ1v) is 10.4. The number of fused-ring (bicyclic) bond motifs is 3. The monoisotopic (exact) mass is 474 g/mol. The number of imidazole rings is 1. The lowest BCUT2D eigenvalue weighted by molar-refractivity contribution is -0.137. The Kier molecular flexibility index (Phi) is 5.25. The fraction of sp³-hybridized carbons (Fsp3) is 0.120. The maximum Gasteiger partial charge on any atom is 0.416 e. The van der Waals surface area contributed by atoms with Gasteiger partial charge in [-0.05, 0) is 41.5 Å². The molecule has 0 atom stereocenters. The molecule has 10 heteroatoms. The summed E-state index contributed by atoms with van der Waals surface area (Å²) in [5.41, 5.74) is 3.28. The molecule has 0 radical (unpaired) electrons. The van der Waals surface area contributed by atoms with Crippen molar-refractivity contribution in [1.82, 2.24) is 19.1 Å². The first-order chi connectivity index (χ1) is 16.8. The Morgan fingerprint density at radius 3 is 2.49 bits per heavy atom. The molecular formula is C25H17F3N6O. The van der Waals surface area contributed by atoms with Gasteiger partial charge in [0, 0.05) is 18.5 Å². The van der Waals surface area contributed by atoms with E-state index < -0.39 is 11.7 Å². The van der Waals surface area contributed by atoms with Gasteiger partial charge in [0.25, 0.3) is 0 Å². The second kappa shape index (κ2) is 8.29. The zero-order chi connectivity index (χ0) is 24.7. The number of benzene rings is 2. The highest BCUT2D eigenvalue weighted by molar-refractivity contribution is 6.04. The molecule has 7 nitrogen and oxygen atoms in total. The van der Waals surface area contributed by atoms with Gasteiger partial charge in [-0.3, -0.25) is 9.55 Å². The van der Waals surface area contributed by atoms with Crippen molar-refractivity contribution in [2.45, 2.75) is 6.18 Å². The first kappa shape index (κ1) is 22.2. The second-order valence-electron chi connectivity index (χ2n) is 7.77. The number of methoxy groups -OCH3 is 1. The normalized spacial score (nSPS) is 12.3. The van der Waals surface area contributed by atoms with Crippen molar-refractivity contribution in [2.24, 2.45) is 12.0 Å². The van der Waals surface area contributed by atoms with Gasteiger partial charge in [-0.15, -0.1) is 4.99 Å². The fourth-order valence-corrected chi connectivity index (χ4v) is 4.10. The minimum Gasteiger partial charge on any atom is -0.481 e. The summed E-state index contributed by atoms with van der Waals surface area (Å²) in [4.78, 5) is 12.8. The van der Waals surface area contributed by atoms with E-state index >= 15 is 0 Å². The summed E-state index contributed by atoms with van der Waals surface area (Å²) in [5, 5.41) is 10.0. The van der Waals surface area contributed by atoms with Crippen molar-refractivity contribution >= 4 is 21.9 Å². The second-order valence-corrected chi connectivity index (χ2v) is 7.77. The van der Waals surface area contributed by atoms with Crippen molar-refractivity contribution in [2.75, 3.05) is 7.11 Å². The molecule has 5 rings (SSSR count). The van der Waals surface area contributed by atoms with Crippen LogP contribution in [0.3, 0.4) is 0 Å². The number of pyridine rings is 2. The van der Waals surface area contributed by atoms with Crippen molar-refractivity contribution in [3.05, 3.63) is 78.2 Å². The summed E-state index contributed by atoms with van der Waals surface area (Å²) >= 11 is 0. The molecule has 0 aliphatic heterocycles. The van der Waals surface area contributed by atoms with Gasteiger partial charge in [0.2, 0.25) is 17.7 Å². The number of aromatic nitrogens is 4. The molecule has 0 unspecified atom stereocenters. The number of rotatable bonds is 3. The van der Waals surface area contributed by atoms with Crippen LogP contribution in [0.2, 0.25) is 0 Å². The SMILES string of the molecule is COc1ccc(-n2/c(=N\C#N)n(C)c3cnc4ccc(-c5cccc(C(F)(F)F)c5)cc4c32)cn1. The molecule has 0 N–H and O–H groups in total. The van der Waals surface area contributed by atoms with E-state index in [-0.39, 0.29) is 0 Å². The van der Waals surface area contributed by atoms with Crippen LogP contribution in [0.5, 0.6) is 5.88 Å². The lowest BCUT2D eigenvalue weighted by Gasteiger charge is -2.11. The third-order valence-electron chi connectivity index (χ3n) is 5.77. The smallest absolute Gasteiger partial charge is 0.416 e. The highest BCUT2D eigenvalue weighted by Gasteiger charge is 2.30. The molecule has 3 heterocycles. The summed E-state index contributed by atoms with van der Waals surface area (Å²) in [6, 6.07) is 13.9. The number of aryl methyl sites for hydroxylation is 1. The van der Waals surface area contributed by atoms with Crippen LogP contribution in [-0.4, -0.2) is 26.2 Å². The summed E-state index contributed by atoms with van der Waals surface area (Å²) in [5.74, 6) is 0.423.